The molecule has 0 saturated heterocycles. The number of methoxy groups -OCH3 is 1. The predicted molar refractivity (Wildman–Crippen MR) is 74.9 cm³/mol. The lowest BCUT2D eigenvalue weighted by Crippen LogP contribution is -2.19. The van der Waals surface area contributed by atoms with Gasteiger partial charge in [-0.2, -0.15) is 13.2 Å². The lowest BCUT2D eigenvalue weighted by molar-refractivity contribution is -0.274. The second-order valence-electron chi connectivity index (χ2n) is 4.83. The molecule has 0 radical (unpaired) electrons. The van der Waals surface area contributed by atoms with Crippen LogP contribution in [0.2, 0.25) is 0 Å². The van der Waals surface area contributed by atoms with E-state index in [0.29, 0.717) is 0 Å². The number of benzene rings is 2. The number of ether oxygens (including phenoxy) is 2. The van der Waals surface area contributed by atoms with Crippen LogP contribution in [0.4, 0.5) is 26.3 Å². The van der Waals surface area contributed by atoms with E-state index >= 15 is 0 Å². The summed E-state index contributed by atoms with van der Waals surface area (Å²) in [6, 6.07) is 7.04. The maximum atomic E-state index is 12.8. The third kappa shape index (κ3) is 4.65. The highest BCUT2D eigenvalue weighted by Gasteiger charge is 2.34. The second kappa shape index (κ2) is 6.66. The molecule has 0 unspecified atom stereocenters. The highest BCUT2D eigenvalue weighted by atomic mass is 19.4. The van der Waals surface area contributed by atoms with Crippen LogP contribution in [0, 0.1) is 0 Å². The molecule has 0 N–H and O–H groups in total. The van der Waals surface area contributed by atoms with E-state index in [0.717, 1.165) is 37.4 Å². The minimum Gasteiger partial charge on any atom is -0.465 e. The second-order valence-corrected chi connectivity index (χ2v) is 4.83. The van der Waals surface area contributed by atoms with Crippen LogP contribution in [0.25, 0.3) is 11.1 Å². The van der Waals surface area contributed by atoms with Gasteiger partial charge in [-0.05, 0) is 35.4 Å². The van der Waals surface area contributed by atoms with Crippen molar-refractivity contribution in [1.82, 2.24) is 0 Å². The minimum atomic E-state index is -5.09. The van der Waals surface area contributed by atoms with Gasteiger partial charge in [0.1, 0.15) is 11.3 Å². The molecule has 0 spiro atoms. The number of alkyl halides is 6. The van der Waals surface area contributed by atoms with Gasteiger partial charge in [-0.1, -0.05) is 18.2 Å². The number of carbonyl (C=O) groups is 1. The fraction of sp³-hybridized carbons (Fsp3) is 0.188. The van der Waals surface area contributed by atoms with Crippen molar-refractivity contribution in [2.75, 3.05) is 7.11 Å². The van der Waals surface area contributed by atoms with Crippen molar-refractivity contribution in [3.63, 3.8) is 0 Å². The van der Waals surface area contributed by atoms with Crippen LogP contribution in [-0.2, 0) is 10.9 Å². The van der Waals surface area contributed by atoms with Gasteiger partial charge in [0.05, 0.1) is 12.7 Å². The Morgan fingerprint density at radius 3 is 2.12 bits per heavy atom. The first-order chi connectivity index (χ1) is 11.5. The highest BCUT2D eigenvalue weighted by molar-refractivity contribution is 5.93. The van der Waals surface area contributed by atoms with Crippen molar-refractivity contribution in [3.8, 4) is 16.9 Å². The van der Waals surface area contributed by atoms with Gasteiger partial charge in [-0.15, -0.1) is 13.2 Å². The molecule has 0 atom stereocenters. The number of halogens is 6. The van der Waals surface area contributed by atoms with Crippen molar-refractivity contribution in [2.24, 2.45) is 0 Å². The Bertz CT molecular complexity index is 780. The molecule has 3 nitrogen and oxygen atoms in total. The van der Waals surface area contributed by atoms with Crippen molar-refractivity contribution < 1.29 is 40.6 Å². The van der Waals surface area contributed by atoms with Crippen LogP contribution >= 0.6 is 0 Å². The van der Waals surface area contributed by atoms with E-state index in [1.54, 1.807) is 0 Å². The van der Waals surface area contributed by atoms with E-state index in [2.05, 4.69) is 9.47 Å². The molecule has 0 fully saturated rings. The molecule has 2 aromatic rings. The number of hydrogen-bond acceptors (Lipinski definition) is 3. The van der Waals surface area contributed by atoms with Gasteiger partial charge in [-0.3, -0.25) is 0 Å². The molecular weight excluding hydrogens is 354 g/mol. The molecule has 134 valence electrons. The van der Waals surface area contributed by atoms with Gasteiger partial charge in [-0.25, -0.2) is 4.79 Å². The van der Waals surface area contributed by atoms with E-state index in [1.165, 1.54) is 12.1 Å². The van der Waals surface area contributed by atoms with Gasteiger partial charge >= 0.3 is 18.5 Å². The Balaban J connectivity index is 2.53. The van der Waals surface area contributed by atoms with Crippen LogP contribution < -0.4 is 4.74 Å². The van der Waals surface area contributed by atoms with Gasteiger partial charge in [0.15, 0.2) is 0 Å². The summed E-state index contributed by atoms with van der Waals surface area (Å²) in [5.41, 5.74) is -1.44. The molecule has 0 bridgehead atoms. The summed E-state index contributed by atoms with van der Waals surface area (Å²) in [6.45, 7) is 0. The number of rotatable bonds is 3. The molecule has 0 saturated carbocycles. The Kier molecular flexibility index (Phi) is 4.96. The third-order valence-electron chi connectivity index (χ3n) is 3.14. The zero-order valence-electron chi connectivity index (χ0n) is 12.5. The molecule has 0 amide bonds. The normalized spacial score (nSPS) is 12.0. The number of hydrogen-bond donors (Lipinski definition) is 0. The summed E-state index contributed by atoms with van der Waals surface area (Å²) in [7, 11) is 0.973. The minimum absolute atomic E-state index is 0.0120. The van der Waals surface area contributed by atoms with Crippen molar-refractivity contribution in [3.05, 3.63) is 53.6 Å². The standard InChI is InChI=1S/C16H10F6O3/c1-24-14(23)12-6-5-10(8-13(12)25-16(20,21)22)9-3-2-4-11(7-9)15(17,18)19/h2-8H,1H3. The fourth-order valence-corrected chi connectivity index (χ4v) is 2.06. The molecule has 0 aromatic heterocycles. The molecule has 0 aliphatic rings. The van der Waals surface area contributed by atoms with Crippen molar-refractivity contribution in [2.45, 2.75) is 12.5 Å². The lowest BCUT2D eigenvalue weighted by atomic mass is 10.0. The van der Waals surface area contributed by atoms with Gasteiger partial charge < -0.3 is 9.47 Å². The zero-order valence-corrected chi connectivity index (χ0v) is 12.5. The average molecular weight is 364 g/mol. The van der Waals surface area contributed by atoms with Crippen LogP contribution in [0.3, 0.4) is 0 Å². The molecule has 2 aromatic carbocycles. The molecule has 25 heavy (non-hydrogen) atoms. The summed E-state index contributed by atoms with van der Waals surface area (Å²) in [4.78, 5) is 11.5. The Morgan fingerprint density at radius 1 is 0.920 bits per heavy atom. The SMILES string of the molecule is COC(=O)c1ccc(-c2cccc(C(F)(F)F)c2)cc1OC(F)(F)F. The first-order valence-electron chi connectivity index (χ1n) is 6.67. The maximum absolute atomic E-state index is 12.8. The Morgan fingerprint density at radius 2 is 1.56 bits per heavy atom. The van der Waals surface area contributed by atoms with E-state index in [-0.39, 0.29) is 11.1 Å². The smallest absolute Gasteiger partial charge is 0.465 e. The molecule has 0 aliphatic heterocycles. The highest BCUT2D eigenvalue weighted by Crippen LogP contribution is 2.35. The average Bonchev–Trinajstić information content (AvgIpc) is 2.52. The first-order valence-corrected chi connectivity index (χ1v) is 6.67. The molecular formula is C16H10F6O3. The first kappa shape index (κ1) is 18.6. The predicted octanol–water partition coefficient (Wildman–Crippen LogP) is 5.06. The molecule has 0 heterocycles. The zero-order chi connectivity index (χ0) is 18.8. The van der Waals surface area contributed by atoms with Gasteiger partial charge in [0.25, 0.3) is 0 Å². The quantitative estimate of drug-likeness (QED) is 0.564. The summed E-state index contributed by atoms with van der Waals surface area (Å²) in [5, 5.41) is 0. The molecule has 2 rings (SSSR count). The summed E-state index contributed by atoms with van der Waals surface area (Å²) in [5.74, 6) is -1.94. The van der Waals surface area contributed by atoms with Gasteiger partial charge in [0.2, 0.25) is 0 Å². The summed E-state index contributed by atoms with van der Waals surface area (Å²) >= 11 is 0. The van der Waals surface area contributed by atoms with E-state index in [1.807, 2.05) is 0 Å². The van der Waals surface area contributed by atoms with Crippen LogP contribution in [0.5, 0.6) is 5.75 Å². The Labute approximate surface area is 137 Å². The summed E-state index contributed by atoms with van der Waals surface area (Å²) < 4.78 is 84.0. The van der Waals surface area contributed by atoms with Crippen LogP contribution in [0.15, 0.2) is 42.5 Å². The van der Waals surface area contributed by atoms with E-state index in [9.17, 15) is 31.1 Å². The monoisotopic (exact) mass is 364 g/mol. The number of carbonyl (C=O) groups excluding carboxylic acids is 1. The van der Waals surface area contributed by atoms with Crippen LogP contribution in [0.1, 0.15) is 15.9 Å². The van der Waals surface area contributed by atoms with Crippen molar-refractivity contribution >= 4 is 5.97 Å². The largest absolute Gasteiger partial charge is 0.573 e. The lowest BCUT2D eigenvalue weighted by Gasteiger charge is -2.14. The molecule has 0 aliphatic carbocycles. The maximum Gasteiger partial charge on any atom is 0.573 e. The van der Waals surface area contributed by atoms with Gasteiger partial charge in [0, 0.05) is 0 Å². The topological polar surface area (TPSA) is 35.5 Å². The fourth-order valence-electron chi connectivity index (χ4n) is 2.06. The molecule has 9 heteroatoms. The van der Waals surface area contributed by atoms with Crippen LogP contribution in [-0.4, -0.2) is 19.4 Å². The number of esters is 1. The van der Waals surface area contributed by atoms with E-state index < -0.39 is 35.4 Å². The third-order valence-corrected chi connectivity index (χ3v) is 3.14. The van der Waals surface area contributed by atoms with E-state index in [4.69, 9.17) is 0 Å². The summed E-state index contributed by atoms with van der Waals surface area (Å²) in [6.07, 6.45) is -9.69. The Hall–Kier alpha value is -2.71. The van der Waals surface area contributed by atoms with Crippen molar-refractivity contribution in [1.29, 1.82) is 0 Å².